The molecule has 0 spiro atoms. The fraction of sp³-hybridized carbons (Fsp3) is 0.500. The molecule has 4 heterocycles. The summed E-state index contributed by atoms with van der Waals surface area (Å²) < 4.78 is 0. The molecule has 1 N–H and O–H groups in total. The van der Waals surface area contributed by atoms with E-state index in [0.717, 1.165) is 51.1 Å². The third kappa shape index (κ3) is 4.02. The Morgan fingerprint density at radius 2 is 1.97 bits per heavy atom. The number of carbonyl (C=O) groups excluding carboxylic acids is 1. The number of hydrogen-bond acceptors (Lipinski definition) is 6. The normalized spacial score (nSPS) is 24.4. The Morgan fingerprint density at radius 3 is 2.77 bits per heavy atom. The van der Waals surface area contributed by atoms with Crippen LogP contribution in [0, 0.1) is 5.92 Å². The van der Waals surface area contributed by atoms with Gasteiger partial charge in [0.1, 0.15) is 0 Å². The summed E-state index contributed by atoms with van der Waals surface area (Å²) in [4.78, 5) is 21.0. The Kier molecular flexibility index (Phi) is 5.58. The monoisotopic (exact) mass is 427 g/mol. The molecule has 30 heavy (non-hydrogen) atoms. The van der Waals surface area contributed by atoms with Crippen LogP contribution in [0.2, 0.25) is 5.15 Å². The first-order valence-electron chi connectivity index (χ1n) is 10.7. The van der Waals surface area contributed by atoms with Crippen molar-refractivity contribution in [2.24, 2.45) is 5.92 Å². The molecule has 2 saturated heterocycles. The molecule has 2 aromatic rings. The summed E-state index contributed by atoms with van der Waals surface area (Å²) in [6, 6.07) is 12.5. The number of halogens is 1. The van der Waals surface area contributed by atoms with E-state index in [1.54, 1.807) is 6.07 Å². The molecule has 158 valence electrons. The van der Waals surface area contributed by atoms with Gasteiger partial charge in [0.25, 0.3) is 0 Å². The summed E-state index contributed by atoms with van der Waals surface area (Å²) in [5, 5.41) is 13.7. The first-order chi connectivity index (χ1) is 14.7. The lowest BCUT2D eigenvalue weighted by Crippen LogP contribution is -2.42. The first-order valence-corrected chi connectivity index (χ1v) is 11.1. The van der Waals surface area contributed by atoms with Gasteiger partial charge in [-0.15, -0.1) is 10.2 Å². The largest absolute Gasteiger partial charge is 0.355 e. The average molecular weight is 428 g/mol. The van der Waals surface area contributed by atoms with Crippen LogP contribution in [-0.4, -0.2) is 53.5 Å². The van der Waals surface area contributed by atoms with Crippen molar-refractivity contribution < 1.29 is 9.63 Å². The molecule has 2 atom stereocenters. The summed E-state index contributed by atoms with van der Waals surface area (Å²) in [6.07, 6.45) is 3.59. The number of fused-ring (bicyclic) bond motifs is 3. The van der Waals surface area contributed by atoms with Crippen molar-refractivity contribution >= 4 is 23.3 Å². The number of carbonyl (C=O) groups is 1. The van der Waals surface area contributed by atoms with Gasteiger partial charge in [0.15, 0.2) is 11.0 Å². The van der Waals surface area contributed by atoms with Crippen LogP contribution in [-0.2, 0) is 16.1 Å². The highest BCUT2D eigenvalue weighted by Gasteiger charge is 2.38. The molecule has 0 bridgehead atoms. The number of piperidine rings is 1. The Balaban J connectivity index is 1.10. The van der Waals surface area contributed by atoms with E-state index in [1.807, 2.05) is 6.07 Å². The number of benzene rings is 1. The number of anilines is 1. The summed E-state index contributed by atoms with van der Waals surface area (Å²) in [5.74, 6) is 0.978. The van der Waals surface area contributed by atoms with Crippen molar-refractivity contribution in [3.05, 3.63) is 52.7 Å². The fourth-order valence-corrected chi connectivity index (χ4v) is 4.91. The van der Waals surface area contributed by atoms with Crippen molar-refractivity contribution in [3.63, 3.8) is 0 Å². The molecule has 0 saturated carbocycles. The second kappa shape index (κ2) is 8.49. The molecule has 3 aliphatic rings. The van der Waals surface area contributed by atoms with Gasteiger partial charge in [-0.3, -0.25) is 9.63 Å². The van der Waals surface area contributed by atoms with E-state index >= 15 is 0 Å². The van der Waals surface area contributed by atoms with E-state index in [9.17, 15) is 4.79 Å². The highest BCUT2D eigenvalue weighted by atomic mass is 35.5. The Bertz CT molecular complexity index is 901. The third-order valence-electron chi connectivity index (χ3n) is 6.45. The van der Waals surface area contributed by atoms with Gasteiger partial charge in [-0.05, 0) is 48.9 Å². The van der Waals surface area contributed by atoms with Crippen LogP contribution in [0.4, 0.5) is 5.82 Å². The highest BCUT2D eigenvalue weighted by molar-refractivity contribution is 6.29. The van der Waals surface area contributed by atoms with Crippen LogP contribution in [0.1, 0.15) is 36.4 Å². The number of nitrogens with one attached hydrogen (secondary N) is 1. The van der Waals surface area contributed by atoms with Crippen molar-refractivity contribution in [1.29, 1.82) is 0 Å². The van der Waals surface area contributed by atoms with Crippen LogP contribution >= 0.6 is 11.6 Å². The fourth-order valence-electron chi connectivity index (χ4n) is 4.81. The molecule has 1 amide bonds. The molecule has 5 rings (SSSR count). The first kappa shape index (κ1) is 19.7. The van der Waals surface area contributed by atoms with Crippen molar-refractivity contribution in [1.82, 2.24) is 20.6 Å². The Labute approximate surface area is 181 Å². The maximum atomic E-state index is 12.7. The Hall–Kier alpha value is -2.22. The van der Waals surface area contributed by atoms with Gasteiger partial charge in [0, 0.05) is 32.1 Å². The molecular formula is C22H26ClN5O2. The van der Waals surface area contributed by atoms with Gasteiger partial charge in [0.05, 0.1) is 12.1 Å². The SMILES string of the molecule is O=C(NC[C@@H]1C[C@@H]2c3ccccc3CCN2O1)C1CCN(c2ccc(Cl)nn2)CC1. The van der Waals surface area contributed by atoms with Crippen LogP contribution in [0.25, 0.3) is 0 Å². The van der Waals surface area contributed by atoms with Gasteiger partial charge in [-0.2, -0.15) is 5.06 Å². The number of hydrogen-bond donors (Lipinski definition) is 1. The minimum atomic E-state index is 0.0335. The third-order valence-corrected chi connectivity index (χ3v) is 6.65. The van der Waals surface area contributed by atoms with E-state index in [1.165, 1.54) is 11.1 Å². The summed E-state index contributed by atoms with van der Waals surface area (Å²) in [6.45, 7) is 3.07. The maximum absolute atomic E-state index is 12.7. The molecule has 1 aromatic heterocycles. The molecule has 2 fully saturated rings. The quantitative estimate of drug-likeness (QED) is 0.809. The second-order valence-corrected chi connectivity index (χ2v) is 8.68. The van der Waals surface area contributed by atoms with Crippen LogP contribution in [0.15, 0.2) is 36.4 Å². The minimum absolute atomic E-state index is 0.0335. The van der Waals surface area contributed by atoms with Gasteiger partial charge in [-0.1, -0.05) is 35.9 Å². The Morgan fingerprint density at radius 1 is 1.13 bits per heavy atom. The molecule has 0 radical (unpaired) electrons. The van der Waals surface area contributed by atoms with E-state index in [4.69, 9.17) is 16.4 Å². The van der Waals surface area contributed by atoms with Gasteiger partial charge < -0.3 is 10.2 Å². The predicted molar refractivity (Wildman–Crippen MR) is 114 cm³/mol. The minimum Gasteiger partial charge on any atom is -0.355 e. The molecule has 7 nitrogen and oxygen atoms in total. The van der Waals surface area contributed by atoms with Crippen molar-refractivity contribution in [2.45, 2.75) is 37.8 Å². The zero-order valence-corrected chi connectivity index (χ0v) is 17.6. The molecule has 1 aromatic carbocycles. The predicted octanol–water partition coefficient (Wildman–Crippen LogP) is 2.77. The maximum Gasteiger partial charge on any atom is 0.223 e. The smallest absolute Gasteiger partial charge is 0.223 e. The average Bonchev–Trinajstić information content (AvgIpc) is 3.22. The highest BCUT2D eigenvalue weighted by Crippen LogP contribution is 2.38. The number of hydroxylamine groups is 2. The lowest BCUT2D eigenvalue weighted by atomic mass is 9.91. The number of amides is 1. The standard InChI is InChI=1S/C22H26ClN5O2/c23-20-5-6-21(26-25-20)27-10-7-16(8-11-27)22(29)24-14-17-13-19-18-4-2-1-3-15(18)9-12-28(19)30-17/h1-6,16-17,19H,7-14H2,(H,24,29)/t17-,19+/m0/s1. The summed E-state index contributed by atoms with van der Waals surface area (Å²) >= 11 is 5.81. The molecule has 0 unspecified atom stereocenters. The van der Waals surface area contributed by atoms with Crippen molar-refractivity contribution in [3.8, 4) is 0 Å². The molecule has 3 aliphatic heterocycles. The van der Waals surface area contributed by atoms with Gasteiger partial charge in [0.2, 0.25) is 5.91 Å². The topological polar surface area (TPSA) is 70.6 Å². The van der Waals surface area contributed by atoms with Crippen LogP contribution in [0.5, 0.6) is 0 Å². The zero-order valence-electron chi connectivity index (χ0n) is 16.8. The number of aromatic nitrogens is 2. The van der Waals surface area contributed by atoms with Crippen molar-refractivity contribution in [2.75, 3.05) is 31.1 Å². The lowest BCUT2D eigenvalue weighted by Gasteiger charge is -2.32. The second-order valence-electron chi connectivity index (χ2n) is 8.29. The number of rotatable bonds is 4. The molecule has 0 aliphatic carbocycles. The van der Waals surface area contributed by atoms with Crippen LogP contribution < -0.4 is 10.2 Å². The van der Waals surface area contributed by atoms with E-state index in [0.29, 0.717) is 17.7 Å². The zero-order chi connectivity index (χ0) is 20.5. The van der Waals surface area contributed by atoms with Crippen LogP contribution in [0.3, 0.4) is 0 Å². The summed E-state index contributed by atoms with van der Waals surface area (Å²) in [5.41, 5.74) is 2.79. The summed E-state index contributed by atoms with van der Waals surface area (Å²) in [7, 11) is 0. The molecular weight excluding hydrogens is 402 g/mol. The van der Waals surface area contributed by atoms with E-state index < -0.39 is 0 Å². The molecule has 8 heteroatoms. The van der Waals surface area contributed by atoms with Gasteiger partial charge in [-0.25, -0.2) is 0 Å². The lowest BCUT2D eigenvalue weighted by molar-refractivity contribution is -0.165. The van der Waals surface area contributed by atoms with Gasteiger partial charge >= 0.3 is 0 Å². The number of nitrogens with zero attached hydrogens (tertiary/aromatic N) is 4. The van der Waals surface area contributed by atoms with E-state index in [-0.39, 0.29) is 17.9 Å². The van der Waals surface area contributed by atoms with E-state index in [2.05, 4.69) is 49.7 Å².